The highest BCUT2D eigenvalue weighted by Crippen LogP contribution is 2.20. The summed E-state index contributed by atoms with van der Waals surface area (Å²) in [7, 11) is 0. The summed E-state index contributed by atoms with van der Waals surface area (Å²) in [5.41, 5.74) is 2.08. The standard InChI is InChI=1S/C20H16ClN3O4/c1-12(20(26)23-14-7-6-13(11-22)15(21)10-14)27-19(25)9-8-18-24-16-4-2-3-5-17(16)28-18/h2-7,10,12H,8-9H2,1H3,(H,23,26)/t12-/m0/s1. The number of ether oxygens (including phenoxy) is 1. The maximum Gasteiger partial charge on any atom is 0.307 e. The van der Waals surface area contributed by atoms with Gasteiger partial charge in [-0.25, -0.2) is 4.98 Å². The van der Waals surface area contributed by atoms with Crippen LogP contribution in [0.15, 0.2) is 46.9 Å². The van der Waals surface area contributed by atoms with Crippen LogP contribution in [0.5, 0.6) is 0 Å². The zero-order valence-corrected chi connectivity index (χ0v) is 15.7. The number of nitrogens with zero attached hydrogens (tertiary/aromatic N) is 2. The Kier molecular flexibility index (Phi) is 5.92. The lowest BCUT2D eigenvalue weighted by Crippen LogP contribution is -2.30. The largest absolute Gasteiger partial charge is 0.453 e. The molecule has 0 aliphatic rings. The van der Waals surface area contributed by atoms with Gasteiger partial charge < -0.3 is 14.5 Å². The summed E-state index contributed by atoms with van der Waals surface area (Å²) in [6, 6.07) is 13.7. The summed E-state index contributed by atoms with van der Waals surface area (Å²) in [4.78, 5) is 28.5. The lowest BCUT2D eigenvalue weighted by atomic mass is 10.2. The SMILES string of the molecule is C[C@H](OC(=O)CCc1nc2ccccc2o1)C(=O)Nc1ccc(C#N)c(Cl)c1. The number of carbonyl (C=O) groups excluding carboxylic acids is 2. The molecule has 0 unspecified atom stereocenters. The fourth-order valence-corrected chi connectivity index (χ4v) is 2.70. The second-order valence-corrected chi connectivity index (χ2v) is 6.41. The Morgan fingerprint density at radius 2 is 2.11 bits per heavy atom. The fraction of sp³-hybridized carbons (Fsp3) is 0.200. The second-order valence-electron chi connectivity index (χ2n) is 6.00. The van der Waals surface area contributed by atoms with Gasteiger partial charge in [-0.2, -0.15) is 5.26 Å². The molecule has 3 rings (SSSR count). The predicted octanol–water partition coefficient (Wildman–Crippen LogP) is 3.86. The maximum atomic E-state index is 12.2. The van der Waals surface area contributed by atoms with E-state index < -0.39 is 18.0 Å². The Labute approximate surface area is 165 Å². The highest BCUT2D eigenvalue weighted by molar-refractivity contribution is 6.32. The molecule has 0 fully saturated rings. The average molecular weight is 398 g/mol. The van der Waals surface area contributed by atoms with Crippen molar-refractivity contribution in [2.24, 2.45) is 0 Å². The van der Waals surface area contributed by atoms with E-state index in [1.54, 1.807) is 12.1 Å². The number of aromatic nitrogens is 1. The van der Waals surface area contributed by atoms with Gasteiger partial charge in [0.25, 0.3) is 5.91 Å². The molecule has 7 nitrogen and oxygen atoms in total. The molecule has 2 aromatic carbocycles. The van der Waals surface area contributed by atoms with Crippen molar-refractivity contribution in [2.45, 2.75) is 25.9 Å². The molecule has 0 spiro atoms. The summed E-state index contributed by atoms with van der Waals surface area (Å²) in [5, 5.41) is 11.7. The third kappa shape index (κ3) is 4.67. The number of esters is 1. The lowest BCUT2D eigenvalue weighted by Gasteiger charge is -2.13. The average Bonchev–Trinajstić information content (AvgIpc) is 3.09. The van der Waals surface area contributed by atoms with Gasteiger partial charge in [-0.05, 0) is 37.3 Å². The first-order valence-electron chi connectivity index (χ1n) is 8.50. The summed E-state index contributed by atoms with van der Waals surface area (Å²) in [5.74, 6) is -0.610. The minimum Gasteiger partial charge on any atom is -0.453 e. The van der Waals surface area contributed by atoms with Gasteiger partial charge in [-0.1, -0.05) is 23.7 Å². The van der Waals surface area contributed by atoms with Gasteiger partial charge in [0.1, 0.15) is 11.6 Å². The molecule has 0 saturated heterocycles. The molecule has 1 amide bonds. The number of carbonyl (C=O) groups is 2. The van der Waals surface area contributed by atoms with Gasteiger partial charge in [0.05, 0.1) is 17.0 Å². The van der Waals surface area contributed by atoms with Crippen LogP contribution in [0.25, 0.3) is 11.1 Å². The number of nitriles is 1. The Balaban J connectivity index is 1.51. The van der Waals surface area contributed by atoms with Gasteiger partial charge in [-0.15, -0.1) is 0 Å². The number of hydrogen-bond acceptors (Lipinski definition) is 6. The smallest absolute Gasteiger partial charge is 0.307 e. The van der Waals surface area contributed by atoms with Gasteiger partial charge >= 0.3 is 5.97 Å². The highest BCUT2D eigenvalue weighted by atomic mass is 35.5. The molecule has 0 aliphatic carbocycles. The molecule has 3 aromatic rings. The predicted molar refractivity (Wildman–Crippen MR) is 103 cm³/mol. The number of anilines is 1. The van der Waals surface area contributed by atoms with Crippen LogP contribution in [0.1, 0.15) is 24.8 Å². The molecule has 1 N–H and O–H groups in total. The van der Waals surface area contributed by atoms with Crippen molar-refractivity contribution < 1.29 is 18.7 Å². The first-order valence-corrected chi connectivity index (χ1v) is 8.88. The van der Waals surface area contributed by atoms with Crippen LogP contribution in [0.3, 0.4) is 0 Å². The van der Waals surface area contributed by atoms with Crippen molar-refractivity contribution in [1.29, 1.82) is 5.26 Å². The third-order valence-electron chi connectivity index (χ3n) is 3.92. The first kappa shape index (κ1) is 19.4. The van der Waals surface area contributed by atoms with Crippen LogP contribution < -0.4 is 5.32 Å². The van der Waals surface area contributed by atoms with E-state index >= 15 is 0 Å². The van der Waals surface area contributed by atoms with E-state index in [0.29, 0.717) is 22.7 Å². The summed E-state index contributed by atoms with van der Waals surface area (Å²) < 4.78 is 10.7. The third-order valence-corrected chi connectivity index (χ3v) is 4.23. The van der Waals surface area contributed by atoms with Gasteiger partial charge in [0.15, 0.2) is 17.6 Å². The van der Waals surface area contributed by atoms with E-state index in [4.69, 9.17) is 26.0 Å². The molecule has 0 aliphatic heterocycles. The number of fused-ring (bicyclic) bond motifs is 1. The van der Waals surface area contributed by atoms with Crippen LogP contribution in [0, 0.1) is 11.3 Å². The molecule has 0 saturated carbocycles. The van der Waals surface area contributed by atoms with Crippen molar-refractivity contribution >= 4 is 40.3 Å². The van der Waals surface area contributed by atoms with E-state index in [9.17, 15) is 9.59 Å². The number of rotatable bonds is 6. The van der Waals surface area contributed by atoms with E-state index in [0.717, 1.165) is 5.52 Å². The van der Waals surface area contributed by atoms with E-state index in [2.05, 4.69) is 10.3 Å². The number of para-hydroxylation sites is 2. The Bertz CT molecular complexity index is 1040. The van der Waals surface area contributed by atoms with Gasteiger partial charge in [-0.3, -0.25) is 9.59 Å². The van der Waals surface area contributed by atoms with Crippen molar-refractivity contribution in [3.05, 3.63) is 58.9 Å². The summed E-state index contributed by atoms with van der Waals surface area (Å²) in [6.07, 6.45) is -0.689. The second kappa shape index (κ2) is 8.55. The Morgan fingerprint density at radius 3 is 2.82 bits per heavy atom. The molecule has 8 heteroatoms. The van der Waals surface area contributed by atoms with Crippen LogP contribution >= 0.6 is 11.6 Å². The minimum atomic E-state index is -0.995. The quantitative estimate of drug-likeness (QED) is 0.633. The zero-order chi connectivity index (χ0) is 20.1. The minimum absolute atomic E-state index is 0.0349. The molecule has 28 heavy (non-hydrogen) atoms. The number of oxazole rings is 1. The molecular weight excluding hydrogens is 382 g/mol. The molecule has 1 atom stereocenters. The topological polar surface area (TPSA) is 105 Å². The Morgan fingerprint density at radius 1 is 1.32 bits per heavy atom. The van der Waals surface area contributed by atoms with Crippen LogP contribution in [-0.2, 0) is 20.7 Å². The van der Waals surface area contributed by atoms with Gasteiger partial charge in [0, 0.05) is 12.1 Å². The number of aryl methyl sites for hydroxylation is 1. The zero-order valence-electron chi connectivity index (χ0n) is 14.9. The number of benzene rings is 2. The monoisotopic (exact) mass is 397 g/mol. The fourth-order valence-electron chi connectivity index (χ4n) is 2.47. The van der Waals surface area contributed by atoms with E-state index in [1.165, 1.54) is 19.1 Å². The summed E-state index contributed by atoms with van der Waals surface area (Å²) >= 11 is 5.93. The van der Waals surface area contributed by atoms with E-state index in [1.807, 2.05) is 24.3 Å². The van der Waals surface area contributed by atoms with Crippen LogP contribution in [0.4, 0.5) is 5.69 Å². The van der Waals surface area contributed by atoms with Crippen molar-refractivity contribution in [1.82, 2.24) is 4.98 Å². The molecule has 1 heterocycles. The first-order chi connectivity index (χ1) is 13.5. The number of halogens is 1. The molecule has 142 valence electrons. The summed E-state index contributed by atoms with van der Waals surface area (Å²) in [6.45, 7) is 1.47. The van der Waals surface area contributed by atoms with Crippen molar-refractivity contribution in [3.63, 3.8) is 0 Å². The van der Waals surface area contributed by atoms with Crippen molar-refractivity contribution in [3.8, 4) is 6.07 Å². The molecule has 0 bridgehead atoms. The number of hydrogen-bond donors (Lipinski definition) is 1. The van der Waals surface area contributed by atoms with E-state index in [-0.39, 0.29) is 17.9 Å². The Hall–Kier alpha value is -3.37. The van der Waals surface area contributed by atoms with Crippen LogP contribution in [-0.4, -0.2) is 23.0 Å². The maximum absolute atomic E-state index is 12.2. The lowest BCUT2D eigenvalue weighted by molar-refractivity contribution is -0.153. The number of amides is 1. The molecule has 1 aromatic heterocycles. The normalized spacial score (nSPS) is 11.6. The van der Waals surface area contributed by atoms with Gasteiger partial charge in [0.2, 0.25) is 0 Å². The van der Waals surface area contributed by atoms with Crippen molar-refractivity contribution in [2.75, 3.05) is 5.32 Å². The molecule has 0 radical (unpaired) electrons. The number of nitrogens with one attached hydrogen (secondary N) is 1. The molecular formula is C20H16ClN3O4. The van der Waals surface area contributed by atoms with Crippen LogP contribution in [0.2, 0.25) is 5.02 Å². The highest BCUT2D eigenvalue weighted by Gasteiger charge is 2.19.